The maximum absolute atomic E-state index is 10.2. The molecule has 0 amide bonds. The minimum absolute atomic E-state index is 0.0120. The Hall–Kier alpha value is -2.50. The molecule has 0 bridgehead atoms. The second-order valence-corrected chi connectivity index (χ2v) is 8.75. The summed E-state index contributed by atoms with van der Waals surface area (Å²) in [6.07, 6.45) is 7.25. The fourth-order valence-electron chi connectivity index (χ4n) is 5.23. The average molecular weight is 407 g/mol. The first-order valence-corrected chi connectivity index (χ1v) is 11.1. The van der Waals surface area contributed by atoms with E-state index in [0.717, 1.165) is 64.0 Å². The summed E-state index contributed by atoms with van der Waals surface area (Å²) in [7, 11) is 0. The molecule has 3 N–H and O–H groups in total. The van der Waals surface area contributed by atoms with Crippen molar-refractivity contribution in [1.29, 1.82) is 0 Å². The summed E-state index contributed by atoms with van der Waals surface area (Å²) >= 11 is 0. The molecule has 2 aromatic carbocycles. The predicted octanol–water partition coefficient (Wildman–Crippen LogP) is 4.54. The number of aromatic amines is 1. The molecule has 1 atom stereocenters. The number of para-hydroxylation sites is 1. The molecule has 1 fully saturated rings. The minimum atomic E-state index is -0.0150. The highest BCUT2D eigenvalue weighted by Gasteiger charge is 2.30. The Morgan fingerprint density at radius 2 is 1.87 bits per heavy atom. The Morgan fingerprint density at radius 3 is 2.73 bits per heavy atom. The summed E-state index contributed by atoms with van der Waals surface area (Å²) in [4.78, 5) is 5.99. The van der Waals surface area contributed by atoms with Crippen LogP contribution in [-0.4, -0.2) is 46.4 Å². The Bertz CT molecular complexity index is 1020. The number of benzene rings is 2. The number of aromatic hydroxyl groups is 2. The van der Waals surface area contributed by atoms with Gasteiger partial charge < -0.3 is 19.9 Å². The number of phenols is 2. The van der Waals surface area contributed by atoms with Crippen LogP contribution in [0.5, 0.6) is 11.5 Å². The first-order valence-electron chi connectivity index (χ1n) is 11.1. The maximum atomic E-state index is 10.2. The fourth-order valence-corrected chi connectivity index (χ4v) is 5.23. The zero-order valence-electron chi connectivity index (χ0n) is 17.3. The number of hydrogen-bond donors (Lipinski definition) is 3. The van der Waals surface area contributed by atoms with Crippen LogP contribution in [0.25, 0.3) is 10.9 Å². The molecule has 5 rings (SSSR count). The Labute approximate surface area is 177 Å². The summed E-state index contributed by atoms with van der Waals surface area (Å²) in [5.41, 5.74) is 4.85. The smallest absolute Gasteiger partial charge is 0.157 e. The number of rotatable bonds is 5. The minimum Gasteiger partial charge on any atom is -0.504 e. The van der Waals surface area contributed by atoms with Crippen molar-refractivity contribution in [3.05, 3.63) is 59.3 Å². The van der Waals surface area contributed by atoms with Gasteiger partial charge in [0.25, 0.3) is 0 Å². The summed E-state index contributed by atoms with van der Waals surface area (Å²) in [6, 6.07) is 12.2. The van der Waals surface area contributed by atoms with E-state index in [1.54, 1.807) is 12.1 Å². The van der Waals surface area contributed by atoms with Crippen molar-refractivity contribution >= 4 is 10.9 Å². The molecule has 0 aliphatic carbocycles. The second kappa shape index (κ2) is 8.32. The first kappa shape index (κ1) is 19.5. The van der Waals surface area contributed by atoms with Crippen molar-refractivity contribution in [3.8, 4) is 11.5 Å². The van der Waals surface area contributed by atoms with Crippen LogP contribution in [0.15, 0.2) is 42.6 Å². The van der Waals surface area contributed by atoms with Crippen LogP contribution in [0, 0.1) is 5.92 Å². The van der Waals surface area contributed by atoms with Crippen LogP contribution in [0.1, 0.15) is 42.0 Å². The standard InChI is InChI=1S/C25H30N2O3/c28-24-13-18-7-10-27(16-17-8-11-30-12-9-17)23(21(18)14-25(24)29)6-5-19-15-26-22-4-2-1-3-20(19)22/h1-4,13-15,17,23,26,28-29H,5-12,16H2. The summed E-state index contributed by atoms with van der Waals surface area (Å²) < 4.78 is 5.56. The van der Waals surface area contributed by atoms with Crippen LogP contribution in [-0.2, 0) is 17.6 Å². The molecule has 1 unspecified atom stereocenters. The van der Waals surface area contributed by atoms with E-state index in [0.29, 0.717) is 5.92 Å². The monoisotopic (exact) mass is 406 g/mol. The van der Waals surface area contributed by atoms with E-state index < -0.39 is 0 Å². The second-order valence-electron chi connectivity index (χ2n) is 8.75. The number of nitrogens with one attached hydrogen (secondary N) is 1. The lowest BCUT2D eigenvalue weighted by Gasteiger charge is -2.40. The molecule has 0 spiro atoms. The molecule has 158 valence electrons. The molecule has 2 aliphatic rings. The topological polar surface area (TPSA) is 68.7 Å². The number of phenolic OH excluding ortho intramolecular Hbond substituents is 2. The third-order valence-electron chi connectivity index (χ3n) is 6.90. The van der Waals surface area contributed by atoms with Crippen LogP contribution >= 0.6 is 0 Å². The number of nitrogens with zero attached hydrogens (tertiary/aromatic N) is 1. The van der Waals surface area contributed by atoms with Crippen LogP contribution in [0.3, 0.4) is 0 Å². The molecular weight excluding hydrogens is 376 g/mol. The highest BCUT2D eigenvalue weighted by molar-refractivity contribution is 5.83. The number of hydrogen-bond acceptors (Lipinski definition) is 4. The zero-order chi connectivity index (χ0) is 20.5. The Morgan fingerprint density at radius 1 is 1.07 bits per heavy atom. The molecule has 5 heteroatoms. The maximum Gasteiger partial charge on any atom is 0.157 e. The van der Waals surface area contributed by atoms with Gasteiger partial charge in [-0.25, -0.2) is 0 Å². The third kappa shape index (κ3) is 3.80. The van der Waals surface area contributed by atoms with Crippen molar-refractivity contribution in [2.45, 2.75) is 38.1 Å². The lowest BCUT2D eigenvalue weighted by molar-refractivity contribution is 0.0423. The van der Waals surface area contributed by atoms with Gasteiger partial charge in [0.2, 0.25) is 0 Å². The van der Waals surface area contributed by atoms with Gasteiger partial charge in [-0.05, 0) is 72.9 Å². The number of fused-ring (bicyclic) bond motifs is 2. The first-order chi connectivity index (χ1) is 14.7. The van der Waals surface area contributed by atoms with Gasteiger partial charge in [0.1, 0.15) is 0 Å². The molecule has 2 aliphatic heterocycles. The van der Waals surface area contributed by atoms with Gasteiger partial charge in [-0.15, -0.1) is 0 Å². The normalized spacial score (nSPS) is 20.5. The lowest BCUT2D eigenvalue weighted by atomic mass is 9.87. The third-order valence-corrected chi connectivity index (χ3v) is 6.90. The molecule has 3 aromatic rings. The van der Waals surface area contributed by atoms with Gasteiger partial charge in [-0.1, -0.05) is 18.2 Å². The van der Waals surface area contributed by atoms with Gasteiger partial charge in [0.15, 0.2) is 11.5 Å². The van der Waals surface area contributed by atoms with Gasteiger partial charge in [-0.2, -0.15) is 0 Å². The molecule has 0 saturated carbocycles. The van der Waals surface area contributed by atoms with E-state index >= 15 is 0 Å². The predicted molar refractivity (Wildman–Crippen MR) is 118 cm³/mol. The summed E-state index contributed by atoms with van der Waals surface area (Å²) in [5.74, 6) is 0.641. The lowest BCUT2D eigenvalue weighted by Crippen LogP contribution is -2.40. The SMILES string of the molecule is Oc1cc2c(cc1O)C(CCc1c[nH]c3ccccc13)N(CC1CCOCC1)CC2. The van der Waals surface area contributed by atoms with E-state index in [4.69, 9.17) is 4.74 Å². The number of aryl methyl sites for hydroxylation is 1. The van der Waals surface area contributed by atoms with E-state index in [1.165, 1.54) is 22.0 Å². The molecule has 0 radical (unpaired) electrons. The van der Waals surface area contributed by atoms with Gasteiger partial charge in [0, 0.05) is 49.4 Å². The van der Waals surface area contributed by atoms with Crippen molar-refractivity contribution in [3.63, 3.8) is 0 Å². The zero-order valence-corrected chi connectivity index (χ0v) is 17.3. The van der Waals surface area contributed by atoms with Crippen LogP contribution in [0.4, 0.5) is 0 Å². The van der Waals surface area contributed by atoms with Gasteiger partial charge >= 0.3 is 0 Å². The Kier molecular flexibility index (Phi) is 5.40. The van der Waals surface area contributed by atoms with E-state index in [2.05, 4.69) is 40.3 Å². The Balaban J connectivity index is 1.41. The molecule has 1 saturated heterocycles. The van der Waals surface area contributed by atoms with Crippen molar-refractivity contribution in [2.24, 2.45) is 5.92 Å². The van der Waals surface area contributed by atoms with Gasteiger partial charge in [0.05, 0.1) is 0 Å². The van der Waals surface area contributed by atoms with Gasteiger partial charge in [-0.3, -0.25) is 4.90 Å². The van der Waals surface area contributed by atoms with Crippen LogP contribution < -0.4 is 0 Å². The molecule has 3 heterocycles. The molecule has 30 heavy (non-hydrogen) atoms. The largest absolute Gasteiger partial charge is 0.504 e. The van der Waals surface area contributed by atoms with E-state index in [1.807, 2.05) is 0 Å². The average Bonchev–Trinajstić information content (AvgIpc) is 3.18. The summed E-state index contributed by atoms with van der Waals surface area (Å²) in [6.45, 7) is 3.80. The van der Waals surface area contributed by atoms with E-state index in [9.17, 15) is 10.2 Å². The van der Waals surface area contributed by atoms with Crippen molar-refractivity contribution in [1.82, 2.24) is 9.88 Å². The highest BCUT2D eigenvalue weighted by Crippen LogP contribution is 2.40. The number of aromatic nitrogens is 1. The quantitative estimate of drug-likeness (QED) is 0.544. The summed E-state index contributed by atoms with van der Waals surface area (Å²) in [5, 5.41) is 21.5. The van der Waals surface area contributed by atoms with Crippen molar-refractivity contribution in [2.75, 3.05) is 26.3 Å². The fraction of sp³-hybridized carbons (Fsp3) is 0.440. The van der Waals surface area contributed by atoms with E-state index in [-0.39, 0.29) is 17.5 Å². The van der Waals surface area contributed by atoms with Crippen molar-refractivity contribution < 1.29 is 14.9 Å². The number of ether oxygens (including phenoxy) is 1. The highest BCUT2D eigenvalue weighted by atomic mass is 16.5. The molecular formula is C25H30N2O3. The number of H-pyrrole nitrogens is 1. The van der Waals surface area contributed by atoms with Crippen LogP contribution in [0.2, 0.25) is 0 Å². The molecule has 1 aromatic heterocycles. The molecule has 5 nitrogen and oxygen atoms in total.